The summed E-state index contributed by atoms with van der Waals surface area (Å²) in [4.78, 5) is 19.3. The van der Waals surface area contributed by atoms with Crippen LogP contribution in [0.5, 0.6) is 11.8 Å². The van der Waals surface area contributed by atoms with Gasteiger partial charge in [0.05, 0.1) is 5.52 Å². The molecule has 0 amide bonds. The number of hydrogen-bond acceptors (Lipinski definition) is 5. The van der Waals surface area contributed by atoms with Crippen LogP contribution < -0.4 is 4.74 Å². The molecule has 0 unspecified atom stereocenters. The van der Waals surface area contributed by atoms with Crippen molar-refractivity contribution < 1.29 is 14.6 Å². The lowest BCUT2D eigenvalue weighted by atomic mass is 10.2. The van der Waals surface area contributed by atoms with Crippen molar-refractivity contribution in [1.82, 2.24) is 9.97 Å². The fourth-order valence-corrected chi connectivity index (χ4v) is 2.24. The van der Waals surface area contributed by atoms with Crippen LogP contribution in [0, 0.1) is 0 Å². The first-order chi connectivity index (χ1) is 9.22. The summed E-state index contributed by atoms with van der Waals surface area (Å²) in [7, 11) is 0. The third-order valence-electron chi connectivity index (χ3n) is 2.46. The Morgan fingerprint density at radius 3 is 2.95 bits per heavy atom. The average molecular weight is 272 g/mol. The van der Waals surface area contributed by atoms with Gasteiger partial charge in [-0.25, -0.2) is 9.78 Å². The van der Waals surface area contributed by atoms with Crippen LogP contribution in [0.1, 0.15) is 9.67 Å². The molecule has 94 valence electrons. The van der Waals surface area contributed by atoms with Gasteiger partial charge in [-0.3, -0.25) is 0 Å². The molecule has 0 fully saturated rings. The van der Waals surface area contributed by atoms with E-state index in [1.165, 1.54) is 6.07 Å². The second-order valence-electron chi connectivity index (χ2n) is 3.77. The number of aromatic nitrogens is 2. The van der Waals surface area contributed by atoms with E-state index in [1.54, 1.807) is 11.6 Å². The second-order valence-corrected chi connectivity index (χ2v) is 4.68. The van der Waals surface area contributed by atoms with Gasteiger partial charge < -0.3 is 9.84 Å². The number of aromatic carboxylic acids is 1. The molecule has 0 aliphatic rings. The Labute approximate surface area is 112 Å². The molecule has 3 rings (SSSR count). The Morgan fingerprint density at radius 1 is 1.32 bits per heavy atom. The van der Waals surface area contributed by atoms with Crippen molar-refractivity contribution in [3.8, 4) is 11.8 Å². The van der Waals surface area contributed by atoms with E-state index in [1.807, 2.05) is 24.3 Å². The van der Waals surface area contributed by atoms with Gasteiger partial charge in [0.25, 0.3) is 0 Å². The van der Waals surface area contributed by atoms with Gasteiger partial charge in [-0.1, -0.05) is 18.2 Å². The highest BCUT2D eigenvalue weighted by atomic mass is 32.1. The molecule has 19 heavy (non-hydrogen) atoms. The van der Waals surface area contributed by atoms with Crippen LogP contribution in [0.4, 0.5) is 0 Å². The van der Waals surface area contributed by atoms with Crippen molar-refractivity contribution in [2.24, 2.45) is 0 Å². The largest absolute Gasteiger partial charge is 0.477 e. The highest BCUT2D eigenvalue weighted by Crippen LogP contribution is 2.25. The number of nitrogens with zero attached hydrogens (tertiary/aromatic N) is 2. The summed E-state index contributed by atoms with van der Waals surface area (Å²) in [5.74, 6) is -0.544. The minimum atomic E-state index is -0.973. The summed E-state index contributed by atoms with van der Waals surface area (Å²) in [5, 5.41) is 11.4. The van der Waals surface area contributed by atoms with Crippen molar-refractivity contribution in [1.29, 1.82) is 0 Å². The van der Waals surface area contributed by atoms with Gasteiger partial charge in [0.2, 0.25) is 0 Å². The van der Waals surface area contributed by atoms with Crippen LogP contribution in [-0.4, -0.2) is 21.0 Å². The zero-order valence-electron chi connectivity index (χ0n) is 9.61. The zero-order chi connectivity index (χ0) is 13.2. The van der Waals surface area contributed by atoms with E-state index in [2.05, 4.69) is 9.97 Å². The molecule has 0 bridgehead atoms. The van der Waals surface area contributed by atoms with Gasteiger partial charge in [-0.15, -0.1) is 11.3 Å². The third kappa shape index (κ3) is 2.38. The summed E-state index contributed by atoms with van der Waals surface area (Å²) in [6, 6.07) is 9.21. The fourth-order valence-electron chi connectivity index (χ4n) is 1.59. The summed E-state index contributed by atoms with van der Waals surface area (Å²) in [6.07, 6.45) is 1.67. The van der Waals surface area contributed by atoms with Crippen LogP contribution in [0.2, 0.25) is 0 Å². The van der Waals surface area contributed by atoms with Crippen molar-refractivity contribution in [2.75, 3.05) is 0 Å². The predicted octanol–water partition coefficient (Wildman–Crippen LogP) is 3.18. The Hall–Kier alpha value is -2.47. The van der Waals surface area contributed by atoms with Gasteiger partial charge >= 0.3 is 12.0 Å². The summed E-state index contributed by atoms with van der Waals surface area (Å²) >= 11 is 1.10. The minimum absolute atomic E-state index is 0.202. The smallest absolute Gasteiger partial charge is 0.346 e. The first-order valence-electron chi connectivity index (χ1n) is 5.44. The topological polar surface area (TPSA) is 72.3 Å². The molecule has 0 saturated carbocycles. The maximum atomic E-state index is 10.8. The molecule has 3 aromatic rings. The monoisotopic (exact) mass is 272 g/mol. The van der Waals surface area contributed by atoms with Crippen LogP contribution in [0.15, 0.2) is 41.9 Å². The molecule has 0 saturated heterocycles. The number of thiophene rings is 1. The molecule has 0 spiro atoms. The van der Waals surface area contributed by atoms with E-state index in [-0.39, 0.29) is 10.9 Å². The van der Waals surface area contributed by atoms with Crippen LogP contribution in [0.3, 0.4) is 0 Å². The van der Waals surface area contributed by atoms with Crippen molar-refractivity contribution in [3.63, 3.8) is 0 Å². The predicted molar refractivity (Wildman–Crippen MR) is 70.9 cm³/mol. The number of carboxylic acid groups (broad SMARTS) is 1. The molecule has 6 heteroatoms. The molecule has 0 aliphatic heterocycles. The van der Waals surface area contributed by atoms with Crippen molar-refractivity contribution in [3.05, 3.63) is 46.8 Å². The molecule has 0 aliphatic carbocycles. The summed E-state index contributed by atoms with van der Waals surface area (Å²) in [5.41, 5.74) is 0.779. The third-order valence-corrected chi connectivity index (χ3v) is 3.36. The van der Waals surface area contributed by atoms with Crippen LogP contribution in [0.25, 0.3) is 10.9 Å². The molecule has 0 atom stereocenters. The number of fused-ring (bicyclic) bond motifs is 1. The minimum Gasteiger partial charge on any atom is -0.477 e. The lowest BCUT2D eigenvalue weighted by molar-refractivity contribution is 0.0702. The van der Waals surface area contributed by atoms with Crippen molar-refractivity contribution >= 4 is 28.2 Å². The summed E-state index contributed by atoms with van der Waals surface area (Å²) in [6.45, 7) is 0. The van der Waals surface area contributed by atoms with Gasteiger partial charge in [-0.2, -0.15) is 4.98 Å². The number of ether oxygens (including phenoxy) is 1. The number of para-hydroxylation sites is 1. The van der Waals surface area contributed by atoms with Crippen LogP contribution >= 0.6 is 11.3 Å². The number of carboxylic acids is 1. The number of carbonyl (C=O) groups is 1. The van der Waals surface area contributed by atoms with E-state index < -0.39 is 5.97 Å². The van der Waals surface area contributed by atoms with E-state index >= 15 is 0 Å². The number of rotatable bonds is 3. The lowest BCUT2D eigenvalue weighted by Gasteiger charge is -2.01. The second kappa shape index (κ2) is 4.66. The number of hydrogen-bond donors (Lipinski definition) is 1. The highest BCUT2D eigenvalue weighted by molar-refractivity contribution is 7.12. The lowest BCUT2D eigenvalue weighted by Crippen LogP contribution is -1.92. The maximum Gasteiger partial charge on any atom is 0.346 e. The van der Waals surface area contributed by atoms with Gasteiger partial charge in [0, 0.05) is 23.0 Å². The highest BCUT2D eigenvalue weighted by Gasteiger charge is 2.09. The number of benzene rings is 1. The fraction of sp³-hybridized carbons (Fsp3) is 0. The van der Waals surface area contributed by atoms with Crippen molar-refractivity contribution in [2.45, 2.75) is 0 Å². The molecule has 1 N–H and O–H groups in total. The van der Waals surface area contributed by atoms with Gasteiger partial charge in [-0.05, 0) is 6.07 Å². The van der Waals surface area contributed by atoms with E-state index in [0.717, 1.165) is 22.2 Å². The normalized spacial score (nSPS) is 10.5. The van der Waals surface area contributed by atoms with Crippen LogP contribution in [-0.2, 0) is 0 Å². The maximum absolute atomic E-state index is 10.8. The first kappa shape index (κ1) is 11.6. The zero-order valence-corrected chi connectivity index (χ0v) is 10.4. The molecular formula is C13H8N2O3S. The van der Waals surface area contributed by atoms with E-state index in [0.29, 0.717) is 5.75 Å². The quantitative estimate of drug-likeness (QED) is 0.792. The summed E-state index contributed by atoms with van der Waals surface area (Å²) < 4.78 is 5.44. The first-order valence-corrected chi connectivity index (χ1v) is 6.32. The van der Waals surface area contributed by atoms with Gasteiger partial charge in [0.15, 0.2) is 0 Å². The Bertz CT molecular complexity index is 754. The Balaban J connectivity index is 1.89. The molecular weight excluding hydrogens is 264 g/mol. The van der Waals surface area contributed by atoms with E-state index in [4.69, 9.17) is 9.84 Å². The molecule has 2 heterocycles. The average Bonchev–Trinajstić information content (AvgIpc) is 2.87. The Kier molecular flexibility index (Phi) is 2.85. The molecule has 5 nitrogen and oxygen atoms in total. The standard InChI is InChI=1S/C13H8N2O3S/c16-12(17)11-5-9(7-19-11)18-13-14-6-8-3-1-2-4-10(8)15-13/h1-7H,(H,16,17). The molecule has 1 aromatic carbocycles. The SMILES string of the molecule is O=C(O)c1cc(Oc2ncc3ccccc3n2)cs1. The molecule has 0 radical (unpaired) electrons. The van der Waals surface area contributed by atoms with Gasteiger partial charge in [0.1, 0.15) is 10.6 Å². The molecule has 2 aromatic heterocycles. The Morgan fingerprint density at radius 2 is 2.16 bits per heavy atom. The van der Waals surface area contributed by atoms with E-state index in [9.17, 15) is 4.79 Å².